The van der Waals surface area contributed by atoms with Crippen molar-refractivity contribution in [2.75, 3.05) is 25.0 Å². The summed E-state index contributed by atoms with van der Waals surface area (Å²) in [5.41, 5.74) is 1.35. The van der Waals surface area contributed by atoms with Crippen LogP contribution in [0.5, 0.6) is 0 Å². The molecule has 2 unspecified atom stereocenters. The molecule has 4 heteroatoms. The zero-order valence-corrected chi connectivity index (χ0v) is 14.3. The predicted molar refractivity (Wildman–Crippen MR) is 91.3 cm³/mol. The number of aromatic nitrogens is 1. The van der Waals surface area contributed by atoms with E-state index in [1.165, 1.54) is 80.2 Å². The minimum absolute atomic E-state index is 0.485. The molecule has 0 bridgehead atoms. The maximum atomic E-state index is 5.02. The summed E-state index contributed by atoms with van der Waals surface area (Å²) in [4.78, 5) is 9.11. The number of rotatable bonds is 4. The van der Waals surface area contributed by atoms with Crippen molar-refractivity contribution in [3.63, 3.8) is 0 Å². The minimum Gasteiger partial charge on any atom is -0.348 e. The number of thiazole rings is 1. The molecule has 0 saturated carbocycles. The van der Waals surface area contributed by atoms with E-state index in [1.54, 1.807) is 0 Å². The van der Waals surface area contributed by atoms with E-state index in [-0.39, 0.29) is 0 Å². The van der Waals surface area contributed by atoms with Crippen molar-refractivity contribution < 1.29 is 0 Å². The van der Waals surface area contributed by atoms with Gasteiger partial charge in [-0.15, -0.1) is 11.3 Å². The van der Waals surface area contributed by atoms with Crippen LogP contribution in [0, 0.1) is 5.92 Å². The van der Waals surface area contributed by atoms with Gasteiger partial charge in [0.15, 0.2) is 5.13 Å². The number of aryl methyl sites for hydroxylation is 1. The third-order valence-corrected chi connectivity index (χ3v) is 6.30. The lowest BCUT2D eigenvalue weighted by molar-refractivity contribution is 0.435. The summed E-state index contributed by atoms with van der Waals surface area (Å²) in [6, 6.07) is 0.485. The van der Waals surface area contributed by atoms with Crippen LogP contribution in [0.3, 0.4) is 0 Å². The van der Waals surface area contributed by atoms with Gasteiger partial charge in [0, 0.05) is 18.0 Å². The fourth-order valence-corrected chi connectivity index (χ4v) is 5.09. The highest BCUT2D eigenvalue weighted by atomic mass is 32.1. The molecule has 2 aliphatic rings. The molecule has 0 radical (unpaired) electrons. The lowest BCUT2D eigenvalue weighted by atomic mass is 9.96. The van der Waals surface area contributed by atoms with Gasteiger partial charge in [0.2, 0.25) is 0 Å². The maximum absolute atomic E-state index is 5.02. The third kappa shape index (κ3) is 3.42. The van der Waals surface area contributed by atoms with Crippen LogP contribution < -0.4 is 10.2 Å². The van der Waals surface area contributed by atoms with E-state index < -0.39 is 0 Å². The molecule has 21 heavy (non-hydrogen) atoms. The summed E-state index contributed by atoms with van der Waals surface area (Å²) in [5, 5.41) is 4.73. The Morgan fingerprint density at radius 1 is 1.24 bits per heavy atom. The second kappa shape index (κ2) is 7.10. The maximum Gasteiger partial charge on any atom is 0.185 e. The molecule has 0 aromatic carbocycles. The highest BCUT2D eigenvalue weighted by Gasteiger charge is 2.26. The first kappa shape index (κ1) is 15.3. The van der Waals surface area contributed by atoms with Crippen molar-refractivity contribution in [3.8, 4) is 0 Å². The summed E-state index contributed by atoms with van der Waals surface area (Å²) in [6.45, 7) is 4.73. The number of nitrogens with zero attached hydrogens (tertiary/aromatic N) is 2. The number of nitrogens with one attached hydrogen (secondary N) is 1. The Bertz CT molecular complexity index is 457. The Kier molecular flexibility index (Phi) is 5.17. The molecular formula is C17H29N3S. The average Bonchev–Trinajstić information content (AvgIpc) is 2.80. The molecular weight excluding hydrogens is 278 g/mol. The molecule has 1 aromatic heterocycles. The van der Waals surface area contributed by atoms with Crippen LogP contribution in [0.25, 0.3) is 0 Å². The topological polar surface area (TPSA) is 28.2 Å². The smallest absolute Gasteiger partial charge is 0.185 e. The van der Waals surface area contributed by atoms with Gasteiger partial charge in [-0.3, -0.25) is 0 Å². The molecule has 118 valence electrons. The highest BCUT2D eigenvalue weighted by Crippen LogP contribution is 2.37. The van der Waals surface area contributed by atoms with Crippen molar-refractivity contribution in [2.45, 2.75) is 64.3 Å². The Hall–Kier alpha value is -0.610. The first-order valence-electron chi connectivity index (χ1n) is 8.73. The first-order chi connectivity index (χ1) is 10.3. The van der Waals surface area contributed by atoms with Crippen LogP contribution in [0.15, 0.2) is 0 Å². The molecule has 1 aliphatic carbocycles. The van der Waals surface area contributed by atoms with Gasteiger partial charge < -0.3 is 10.2 Å². The minimum atomic E-state index is 0.485. The Morgan fingerprint density at radius 2 is 2.14 bits per heavy atom. The molecule has 2 heterocycles. The van der Waals surface area contributed by atoms with E-state index in [0.29, 0.717) is 6.04 Å². The number of hydrogen-bond donors (Lipinski definition) is 1. The van der Waals surface area contributed by atoms with Crippen LogP contribution in [0.4, 0.5) is 5.13 Å². The van der Waals surface area contributed by atoms with Gasteiger partial charge >= 0.3 is 0 Å². The molecule has 1 saturated heterocycles. The number of fused-ring (bicyclic) bond motifs is 1. The van der Waals surface area contributed by atoms with E-state index in [9.17, 15) is 0 Å². The lowest BCUT2D eigenvalue weighted by Gasteiger charge is -2.20. The second-order valence-corrected chi connectivity index (χ2v) is 7.67. The summed E-state index contributed by atoms with van der Waals surface area (Å²) in [6.07, 6.45) is 10.6. The van der Waals surface area contributed by atoms with Crippen LogP contribution in [-0.2, 0) is 6.42 Å². The zero-order valence-electron chi connectivity index (χ0n) is 13.5. The number of hydrogen-bond acceptors (Lipinski definition) is 4. The number of anilines is 1. The van der Waals surface area contributed by atoms with Crippen LogP contribution in [0.1, 0.15) is 68.5 Å². The van der Waals surface area contributed by atoms with Crippen molar-refractivity contribution in [3.05, 3.63) is 10.6 Å². The van der Waals surface area contributed by atoms with Crippen LogP contribution in [0.2, 0.25) is 0 Å². The summed E-state index contributed by atoms with van der Waals surface area (Å²) >= 11 is 1.96. The van der Waals surface area contributed by atoms with Gasteiger partial charge in [-0.2, -0.15) is 0 Å². The Labute approximate surface area is 133 Å². The predicted octanol–water partition coefficient (Wildman–Crippen LogP) is 4.15. The quantitative estimate of drug-likeness (QED) is 0.906. The van der Waals surface area contributed by atoms with Crippen molar-refractivity contribution >= 4 is 16.5 Å². The van der Waals surface area contributed by atoms with E-state index in [4.69, 9.17) is 4.98 Å². The van der Waals surface area contributed by atoms with Gasteiger partial charge in [-0.25, -0.2) is 4.98 Å². The second-order valence-electron chi connectivity index (χ2n) is 6.61. The molecule has 3 nitrogen and oxygen atoms in total. The highest BCUT2D eigenvalue weighted by molar-refractivity contribution is 7.15. The van der Waals surface area contributed by atoms with Gasteiger partial charge in [-0.1, -0.05) is 19.8 Å². The molecule has 1 aromatic rings. The van der Waals surface area contributed by atoms with Crippen molar-refractivity contribution in [1.29, 1.82) is 0 Å². The van der Waals surface area contributed by atoms with Crippen molar-refractivity contribution in [2.24, 2.45) is 5.92 Å². The first-order valence-corrected chi connectivity index (χ1v) is 9.55. The van der Waals surface area contributed by atoms with E-state index >= 15 is 0 Å². The Morgan fingerprint density at radius 3 is 2.95 bits per heavy atom. The monoisotopic (exact) mass is 307 g/mol. The van der Waals surface area contributed by atoms with E-state index in [2.05, 4.69) is 24.2 Å². The van der Waals surface area contributed by atoms with E-state index in [0.717, 1.165) is 5.92 Å². The summed E-state index contributed by atoms with van der Waals surface area (Å²) < 4.78 is 0. The molecule has 1 aliphatic heterocycles. The molecule has 1 N–H and O–H groups in total. The van der Waals surface area contributed by atoms with Gasteiger partial charge in [0.1, 0.15) is 0 Å². The van der Waals surface area contributed by atoms with Crippen LogP contribution in [-0.4, -0.2) is 25.1 Å². The molecule has 0 spiro atoms. The SMILES string of the molecule is CCCC1CCCN(c2nc3c(s2)CCCC3NC)CC1. The average molecular weight is 308 g/mol. The molecule has 0 amide bonds. The summed E-state index contributed by atoms with van der Waals surface area (Å²) in [7, 11) is 2.07. The van der Waals surface area contributed by atoms with Gasteiger partial charge in [-0.05, 0) is 51.5 Å². The zero-order chi connectivity index (χ0) is 14.7. The largest absolute Gasteiger partial charge is 0.348 e. The van der Waals surface area contributed by atoms with E-state index in [1.807, 2.05) is 11.3 Å². The molecule has 1 fully saturated rings. The van der Waals surface area contributed by atoms with Gasteiger partial charge in [0.05, 0.1) is 11.7 Å². The lowest BCUT2D eigenvalue weighted by Crippen LogP contribution is -2.24. The summed E-state index contributed by atoms with van der Waals surface area (Å²) in [5.74, 6) is 0.944. The standard InChI is InChI=1S/C17H29N3S/c1-3-6-13-7-5-11-20(12-10-13)17-19-16-14(18-2)8-4-9-15(16)21-17/h13-14,18H,3-12H2,1-2H3. The van der Waals surface area contributed by atoms with Gasteiger partial charge in [0.25, 0.3) is 0 Å². The van der Waals surface area contributed by atoms with Crippen molar-refractivity contribution in [1.82, 2.24) is 10.3 Å². The van der Waals surface area contributed by atoms with Crippen LogP contribution >= 0.6 is 11.3 Å². The molecule has 2 atom stereocenters. The third-order valence-electron chi connectivity index (χ3n) is 5.11. The molecule has 3 rings (SSSR count). The fraction of sp³-hybridized carbons (Fsp3) is 0.824. The fourth-order valence-electron chi connectivity index (χ4n) is 3.88. The normalized spacial score (nSPS) is 26.5. The Balaban J connectivity index is 1.71.